The molecule has 3 saturated heterocycles. The molecule has 1 spiro atoms. The third kappa shape index (κ3) is 4.43. The van der Waals surface area contributed by atoms with Gasteiger partial charge in [-0.15, -0.1) is 0 Å². The number of piperidine rings is 2. The van der Waals surface area contributed by atoms with Crippen LogP contribution in [0.5, 0.6) is 0 Å². The second-order valence-electron chi connectivity index (χ2n) is 9.69. The van der Waals surface area contributed by atoms with E-state index < -0.39 is 0 Å². The predicted molar refractivity (Wildman–Crippen MR) is 129 cm³/mol. The Bertz CT molecular complexity index is 825. The van der Waals surface area contributed by atoms with Crippen molar-refractivity contribution in [1.82, 2.24) is 14.7 Å². The van der Waals surface area contributed by atoms with Gasteiger partial charge in [-0.05, 0) is 53.7 Å². The maximum Gasteiger partial charge on any atom is 0.410 e. The van der Waals surface area contributed by atoms with Crippen LogP contribution >= 0.6 is 15.9 Å². The van der Waals surface area contributed by atoms with Crippen LogP contribution in [0.15, 0.2) is 22.7 Å². The van der Waals surface area contributed by atoms with Crippen molar-refractivity contribution < 1.29 is 14.3 Å². The number of benzene rings is 1. The maximum absolute atomic E-state index is 13.1. The minimum absolute atomic E-state index is 0.130. The van der Waals surface area contributed by atoms with E-state index in [-0.39, 0.29) is 23.6 Å². The fourth-order valence-electron chi connectivity index (χ4n) is 5.85. The summed E-state index contributed by atoms with van der Waals surface area (Å²) in [5, 5.41) is 0. The summed E-state index contributed by atoms with van der Waals surface area (Å²) in [6, 6.07) is 6.61. The molecule has 7 heteroatoms. The molecule has 0 aliphatic carbocycles. The number of hydrogen-bond acceptors (Lipinski definition) is 4. The fourth-order valence-corrected chi connectivity index (χ4v) is 6.48. The molecule has 3 aliphatic rings. The van der Waals surface area contributed by atoms with E-state index in [4.69, 9.17) is 4.74 Å². The quantitative estimate of drug-likeness (QED) is 0.574. The number of hydrogen-bond donors (Lipinski definition) is 0. The Morgan fingerprint density at radius 1 is 1.19 bits per heavy atom. The van der Waals surface area contributed by atoms with Crippen molar-refractivity contribution in [1.29, 1.82) is 0 Å². The number of amides is 2. The summed E-state index contributed by atoms with van der Waals surface area (Å²) in [5.41, 5.74) is 1.49. The highest BCUT2D eigenvalue weighted by atomic mass is 79.9. The maximum atomic E-state index is 13.1. The average Bonchev–Trinajstić information content (AvgIpc) is 3.01. The van der Waals surface area contributed by atoms with Gasteiger partial charge in [-0.1, -0.05) is 31.9 Å². The number of likely N-dealkylation sites (tertiary alicyclic amines) is 2. The molecule has 3 heterocycles. The normalized spacial score (nSPS) is 24.2. The number of aryl methyl sites for hydroxylation is 1. The number of carbonyl (C=O) groups excluding carboxylic acids is 2. The molecule has 1 unspecified atom stereocenters. The van der Waals surface area contributed by atoms with E-state index in [9.17, 15) is 9.59 Å². The largest absolute Gasteiger partial charge is 0.440 e. The topological polar surface area (TPSA) is 53.1 Å². The molecular formula is C25H36BrN3O3. The number of nitrogens with zero attached hydrogens (tertiary/aromatic N) is 3. The predicted octanol–water partition coefficient (Wildman–Crippen LogP) is 4.84. The molecule has 0 aromatic heterocycles. The first-order chi connectivity index (χ1) is 15.4. The first-order valence-electron chi connectivity index (χ1n) is 12.1. The summed E-state index contributed by atoms with van der Waals surface area (Å²) >= 11 is 3.55. The molecule has 6 nitrogen and oxygen atoms in total. The van der Waals surface area contributed by atoms with Crippen LogP contribution in [0.4, 0.5) is 4.79 Å². The van der Waals surface area contributed by atoms with Crippen LogP contribution in [0, 0.1) is 6.92 Å². The molecule has 0 N–H and O–H groups in total. The van der Waals surface area contributed by atoms with Gasteiger partial charge in [-0.3, -0.25) is 9.69 Å². The highest BCUT2D eigenvalue weighted by molar-refractivity contribution is 9.10. The summed E-state index contributed by atoms with van der Waals surface area (Å²) in [6.45, 7) is 7.71. The number of likely N-dealkylation sites (N-methyl/N-ethyl adjacent to an activating group) is 1. The molecule has 1 aromatic carbocycles. The van der Waals surface area contributed by atoms with E-state index in [2.05, 4.69) is 27.8 Å². The number of ether oxygens (including phenoxy) is 1. The van der Waals surface area contributed by atoms with Gasteiger partial charge >= 0.3 is 6.09 Å². The summed E-state index contributed by atoms with van der Waals surface area (Å²) in [5.74, 6) is 0.130. The van der Waals surface area contributed by atoms with Crippen LogP contribution in [0.3, 0.4) is 0 Å². The zero-order chi connectivity index (χ0) is 22.9. The zero-order valence-electron chi connectivity index (χ0n) is 19.6. The van der Waals surface area contributed by atoms with E-state index in [1.807, 2.05) is 42.0 Å². The van der Waals surface area contributed by atoms with Gasteiger partial charge in [0.25, 0.3) is 5.91 Å². The molecule has 0 saturated carbocycles. The lowest BCUT2D eigenvalue weighted by atomic mass is 9.81. The van der Waals surface area contributed by atoms with Crippen LogP contribution in [0.1, 0.15) is 67.8 Å². The van der Waals surface area contributed by atoms with Crippen molar-refractivity contribution in [2.24, 2.45) is 0 Å². The van der Waals surface area contributed by atoms with Gasteiger partial charge in [0.05, 0.1) is 11.6 Å². The number of rotatable bonds is 5. The van der Waals surface area contributed by atoms with Crippen LogP contribution in [0.2, 0.25) is 0 Å². The van der Waals surface area contributed by atoms with Crippen molar-refractivity contribution >= 4 is 27.9 Å². The molecule has 1 atom stereocenters. The third-order valence-corrected chi connectivity index (χ3v) is 8.49. The van der Waals surface area contributed by atoms with Crippen molar-refractivity contribution in [3.05, 3.63) is 33.8 Å². The van der Waals surface area contributed by atoms with E-state index in [0.717, 1.165) is 86.7 Å². The number of unbranched alkanes of at least 4 members (excludes halogenated alkanes) is 1. The van der Waals surface area contributed by atoms with Crippen LogP contribution in [0.25, 0.3) is 0 Å². The lowest BCUT2D eigenvalue weighted by molar-refractivity contribution is -0.0375. The van der Waals surface area contributed by atoms with Crippen molar-refractivity contribution in [2.75, 3.05) is 33.2 Å². The van der Waals surface area contributed by atoms with Gasteiger partial charge in [0.1, 0.15) is 5.60 Å². The van der Waals surface area contributed by atoms with E-state index in [1.165, 1.54) is 0 Å². The minimum atomic E-state index is -0.314. The second-order valence-corrected chi connectivity index (χ2v) is 10.5. The smallest absolute Gasteiger partial charge is 0.410 e. The molecule has 1 aromatic rings. The van der Waals surface area contributed by atoms with Gasteiger partial charge in [0.2, 0.25) is 0 Å². The van der Waals surface area contributed by atoms with Crippen molar-refractivity contribution in [3.63, 3.8) is 0 Å². The van der Waals surface area contributed by atoms with Crippen molar-refractivity contribution in [3.8, 4) is 0 Å². The minimum Gasteiger partial charge on any atom is -0.440 e. The van der Waals surface area contributed by atoms with Crippen LogP contribution < -0.4 is 0 Å². The van der Waals surface area contributed by atoms with Gasteiger partial charge in [0.15, 0.2) is 0 Å². The molecule has 0 radical (unpaired) electrons. The van der Waals surface area contributed by atoms with Gasteiger partial charge in [0, 0.05) is 56.6 Å². The summed E-state index contributed by atoms with van der Waals surface area (Å²) in [6.07, 6.45) is 6.95. The highest BCUT2D eigenvalue weighted by Crippen LogP contribution is 2.41. The highest BCUT2D eigenvalue weighted by Gasteiger charge is 2.53. The molecule has 3 aliphatic heterocycles. The number of halogens is 1. The Hall–Kier alpha value is -1.60. The van der Waals surface area contributed by atoms with Crippen LogP contribution in [-0.2, 0) is 4.74 Å². The third-order valence-electron chi connectivity index (χ3n) is 7.83. The van der Waals surface area contributed by atoms with Crippen molar-refractivity contribution in [2.45, 2.75) is 76.5 Å². The average molecular weight is 506 g/mol. The molecule has 2 amide bonds. The number of carbonyl (C=O) groups is 2. The first-order valence-corrected chi connectivity index (χ1v) is 12.9. The molecule has 32 heavy (non-hydrogen) atoms. The molecule has 3 fully saturated rings. The summed E-state index contributed by atoms with van der Waals surface area (Å²) in [4.78, 5) is 31.8. The zero-order valence-corrected chi connectivity index (χ0v) is 21.2. The summed E-state index contributed by atoms with van der Waals surface area (Å²) < 4.78 is 6.84. The van der Waals surface area contributed by atoms with Gasteiger partial charge < -0.3 is 14.5 Å². The fraction of sp³-hybridized carbons (Fsp3) is 0.680. The van der Waals surface area contributed by atoms with Gasteiger partial charge in [-0.25, -0.2) is 4.79 Å². The van der Waals surface area contributed by atoms with E-state index >= 15 is 0 Å². The van der Waals surface area contributed by atoms with Crippen LogP contribution in [-0.4, -0.2) is 77.6 Å². The second kappa shape index (κ2) is 9.72. The van der Waals surface area contributed by atoms with Gasteiger partial charge in [-0.2, -0.15) is 0 Å². The Morgan fingerprint density at radius 2 is 1.88 bits per heavy atom. The summed E-state index contributed by atoms with van der Waals surface area (Å²) in [7, 11) is 1.89. The SMILES string of the molecule is CCCCC1N(C)C(=O)OC12CCN(C1CCN(C(=O)c3c(C)cccc3Br)CC1)CC2. The Morgan fingerprint density at radius 3 is 2.50 bits per heavy atom. The van der Waals surface area contributed by atoms with E-state index in [0.29, 0.717) is 6.04 Å². The Kier molecular flexibility index (Phi) is 7.15. The first kappa shape index (κ1) is 23.6. The lowest BCUT2D eigenvalue weighted by Crippen LogP contribution is -2.55. The Labute approximate surface area is 200 Å². The monoisotopic (exact) mass is 505 g/mol. The lowest BCUT2D eigenvalue weighted by Gasteiger charge is -2.46. The Balaban J connectivity index is 1.33. The standard InChI is InChI=1S/C25H36BrN3O3/c1-4-5-9-21-25(32-24(31)27(21)3)12-16-28(17-13-25)19-10-14-29(15-11-19)23(30)22-18(2)7-6-8-20(22)26/h6-8,19,21H,4-5,9-17H2,1-3H3. The molecule has 0 bridgehead atoms. The molecule has 4 rings (SSSR count). The molecular weight excluding hydrogens is 470 g/mol. The van der Waals surface area contributed by atoms with E-state index in [1.54, 1.807) is 0 Å². The molecule has 176 valence electrons.